The van der Waals surface area contributed by atoms with E-state index in [9.17, 15) is 9.59 Å². The van der Waals surface area contributed by atoms with Crippen LogP contribution in [0.5, 0.6) is 0 Å². The van der Waals surface area contributed by atoms with E-state index < -0.39 is 0 Å². The second-order valence-electron chi connectivity index (χ2n) is 6.59. The molecule has 3 unspecified atom stereocenters. The van der Waals surface area contributed by atoms with Crippen LogP contribution in [-0.2, 0) is 0 Å². The summed E-state index contributed by atoms with van der Waals surface area (Å²) in [5, 5.41) is 3.43. The van der Waals surface area contributed by atoms with Gasteiger partial charge in [-0.25, -0.2) is 0 Å². The monoisotopic (exact) mass is 308 g/mol. The minimum atomic E-state index is -0.0366. The van der Waals surface area contributed by atoms with Gasteiger partial charge in [0.05, 0.1) is 5.56 Å². The number of hydrogen-bond acceptors (Lipinski definition) is 3. The van der Waals surface area contributed by atoms with Crippen LogP contribution in [0.4, 0.5) is 5.82 Å². The summed E-state index contributed by atoms with van der Waals surface area (Å²) in [6.45, 7) is 2.15. The maximum Gasteiger partial charge on any atom is 0.252 e. The molecule has 4 heteroatoms. The summed E-state index contributed by atoms with van der Waals surface area (Å²) < 4.78 is 1.83. The minimum Gasteiger partial charge on any atom is -0.368 e. The van der Waals surface area contributed by atoms with Gasteiger partial charge in [0.1, 0.15) is 5.82 Å². The second-order valence-corrected chi connectivity index (χ2v) is 6.59. The molecule has 2 aromatic rings. The highest BCUT2D eigenvalue weighted by Crippen LogP contribution is 2.43. The predicted octanol–water partition coefficient (Wildman–Crippen LogP) is 3.23. The number of nitrogens with zero attached hydrogens (tertiary/aromatic N) is 1. The standard InChI is InChI=1S/C19H20N2O2/c1-12-14-8-5-9-16(14)21-17(22)11-10-15(19(21)20-12)18(23)13-6-3-2-4-7-13/h2-4,6-7,10-12,14,16,20H,5,8-9H2,1H3. The van der Waals surface area contributed by atoms with Crippen molar-refractivity contribution in [3.8, 4) is 0 Å². The summed E-state index contributed by atoms with van der Waals surface area (Å²) in [4.78, 5) is 25.3. The molecule has 1 aliphatic carbocycles. The molecule has 4 rings (SSSR count). The van der Waals surface area contributed by atoms with Gasteiger partial charge in [-0.2, -0.15) is 0 Å². The van der Waals surface area contributed by atoms with Gasteiger partial charge in [-0.1, -0.05) is 36.8 Å². The quantitative estimate of drug-likeness (QED) is 0.867. The number of rotatable bonds is 2. The number of hydrogen-bond donors (Lipinski definition) is 1. The molecule has 0 bridgehead atoms. The summed E-state index contributed by atoms with van der Waals surface area (Å²) >= 11 is 0. The highest BCUT2D eigenvalue weighted by molar-refractivity contribution is 6.11. The van der Waals surface area contributed by atoms with E-state index in [1.807, 2.05) is 34.9 Å². The van der Waals surface area contributed by atoms with Crippen LogP contribution in [0.1, 0.15) is 48.1 Å². The van der Waals surface area contributed by atoms with Gasteiger partial charge in [0.25, 0.3) is 5.56 Å². The molecule has 118 valence electrons. The van der Waals surface area contributed by atoms with Crippen molar-refractivity contribution < 1.29 is 4.79 Å². The van der Waals surface area contributed by atoms with Crippen molar-refractivity contribution in [2.75, 3.05) is 5.32 Å². The Labute approximate surface area is 135 Å². The van der Waals surface area contributed by atoms with Gasteiger partial charge in [0, 0.05) is 23.7 Å². The molecular weight excluding hydrogens is 288 g/mol. The smallest absolute Gasteiger partial charge is 0.252 e. The minimum absolute atomic E-state index is 0.0130. The van der Waals surface area contributed by atoms with Crippen LogP contribution in [0.2, 0.25) is 0 Å². The number of aromatic nitrogens is 1. The van der Waals surface area contributed by atoms with Crippen LogP contribution in [0.3, 0.4) is 0 Å². The molecule has 1 aliphatic heterocycles. The Kier molecular flexibility index (Phi) is 3.33. The first-order valence-corrected chi connectivity index (χ1v) is 8.28. The van der Waals surface area contributed by atoms with E-state index in [1.165, 1.54) is 6.07 Å². The van der Waals surface area contributed by atoms with Crippen molar-refractivity contribution in [2.45, 2.75) is 38.3 Å². The Balaban J connectivity index is 1.86. The molecule has 2 aliphatic rings. The summed E-state index contributed by atoms with van der Waals surface area (Å²) in [7, 11) is 0. The molecule has 0 saturated heterocycles. The predicted molar refractivity (Wildman–Crippen MR) is 90.0 cm³/mol. The Morgan fingerprint density at radius 1 is 1.13 bits per heavy atom. The first-order chi connectivity index (χ1) is 11.2. The lowest BCUT2D eigenvalue weighted by Crippen LogP contribution is -2.42. The highest BCUT2D eigenvalue weighted by atomic mass is 16.1. The zero-order valence-corrected chi connectivity index (χ0v) is 13.2. The molecule has 1 N–H and O–H groups in total. The molecular formula is C19H20N2O2. The van der Waals surface area contributed by atoms with E-state index in [0.29, 0.717) is 22.9 Å². The third kappa shape index (κ3) is 2.21. The first-order valence-electron chi connectivity index (χ1n) is 8.28. The van der Waals surface area contributed by atoms with Gasteiger partial charge >= 0.3 is 0 Å². The lowest BCUT2D eigenvalue weighted by Gasteiger charge is -2.37. The van der Waals surface area contributed by atoms with Gasteiger partial charge in [-0.05, 0) is 31.7 Å². The van der Waals surface area contributed by atoms with E-state index in [2.05, 4.69) is 12.2 Å². The summed E-state index contributed by atoms with van der Waals surface area (Å²) in [6.07, 6.45) is 3.30. The van der Waals surface area contributed by atoms with Crippen LogP contribution >= 0.6 is 0 Å². The number of fused-ring (bicyclic) bond motifs is 3. The molecule has 2 heterocycles. The van der Waals surface area contributed by atoms with E-state index in [-0.39, 0.29) is 23.4 Å². The van der Waals surface area contributed by atoms with Crippen molar-refractivity contribution >= 4 is 11.6 Å². The Hall–Kier alpha value is -2.36. The highest BCUT2D eigenvalue weighted by Gasteiger charge is 2.39. The molecule has 23 heavy (non-hydrogen) atoms. The van der Waals surface area contributed by atoms with Gasteiger partial charge < -0.3 is 5.32 Å². The first kappa shape index (κ1) is 14.2. The van der Waals surface area contributed by atoms with Crippen LogP contribution in [0.25, 0.3) is 0 Å². The molecule has 1 aromatic heterocycles. The number of anilines is 1. The zero-order valence-electron chi connectivity index (χ0n) is 13.2. The number of pyridine rings is 1. The largest absolute Gasteiger partial charge is 0.368 e. The topological polar surface area (TPSA) is 51.1 Å². The van der Waals surface area contributed by atoms with Crippen molar-refractivity contribution in [3.05, 3.63) is 63.9 Å². The summed E-state index contributed by atoms with van der Waals surface area (Å²) in [6, 6.07) is 12.9. The average Bonchev–Trinajstić information content (AvgIpc) is 3.05. The Morgan fingerprint density at radius 2 is 1.91 bits per heavy atom. The Bertz CT molecular complexity index is 810. The normalized spacial score (nSPS) is 25.3. The van der Waals surface area contributed by atoms with E-state index in [1.54, 1.807) is 6.07 Å². The Morgan fingerprint density at radius 3 is 2.70 bits per heavy atom. The van der Waals surface area contributed by atoms with Gasteiger partial charge in [-0.3, -0.25) is 14.2 Å². The zero-order chi connectivity index (χ0) is 16.0. The van der Waals surface area contributed by atoms with E-state index in [0.717, 1.165) is 19.3 Å². The van der Waals surface area contributed by atoms with Gasteiger partial charge in [0.2, 0.25) is 0 Å². The third-order valence-corrected chi connectivity index (χ3v) is 5.28. The van der Waals surface area contributed by atoms with Crippen molar-refractivity contribution in [1.82, 2.24) is 4.57 Å². The van der Waals surface area contributed by atoms with Crippen LogP contribution in [0, 0.1) is 5.92 Å². The van der Waals surface area contributed by atoms with Gasteiger partial charge in [-0.15, -0.1) is 0 Å². The molecule has 0 spiro atoms. The lowest BCUT2D eigenvalue weighted by molar-refractivity contribution is 0.103. The lowest BCUT2D eigenvalue weighted by atomic mass is 9.91. The summed E-state index contributed by atoms with van der Waals surface area (Å²) in [5.74, 6) is 1.13. The van der Waals surface area contributed by atoms with Crippen LogP contribution in [-0.4, -0.2) is 16.4 Å². The molecule has 1 fully saturated rings. The maximum absolute atomic E-state index is 12.9. The fourth-order valence-electron chi connectivity index (χ4n) is 4.15. The average molecular weight is 308 g/mol. The number of carbonyl (C=O) groups excluding carboxylic acids is 1. The molecule has 3 atom stereocenters. The SMILES string of the molecule is CC1Nc2c(C(=O)c3ccccc3)ccc(=O)n2C2CCCC12. The molecule has 0 radical (unpaired) electrons. The molecule has 1 saturated carbocycles. The number of carbonyl (C=O) groups is 1. The summed E-state index contributed by atoms with van der Waals surface area (Å²) in [5.41, 5.74) is 1.23. The van der Waals surface area contributed by atoms with Crippen molar-refractivity contribution in [2.24, 2.45) is 5.92 Å². The van der Waals surface area contributed by atoms with Crippen LogP contribution in [0.15, 0.2) is 47.3 Å². The van der Waals surface area contributed by atoms with E-state index >= 15 is 0 Å². The number of nitrogens with one attached hydrogen (secondary N) is 1. The second kappa shape index (κ2) is 5.37. The van der Waals surface area contributed by atoms with Gasteiger partial charge in [0.15, 0.2) is 5.78 Å². The van der Waals surface area contributed by atoms with Crippen molar-refractivity contribution in [3.63, 3.8) is 0 Å². The van der Waals surface area contributed by atoms with E-state index in [4.69, 9.17) is 0 Å². The maximum atomic E-state index is 12.9. The third-order valence-electron chi connectivity index (χ3n) is 5.28. The molecule has 0 amide bonds. The number of benzene rings is 1. The molecule has 1 aromatic carbocycles. The molecule has 4 nitrogen and oxygen atoms in total. The fraction of sp³-hybridized carbons (Fsp3) is 0.368. The number of ketones is 1. The van der Waals surface area contributed by atoms with Crippen LogP contribution < -0.4 is 10.9 Å². The van der Waals surface area contributed by atoms with Crippen molar-refractivity contribution in [1.29, 1.82) is 0 Å². The fourth-order valence-corrected chi connectivity index (χ4v) is 4.15.